The lowest BCUT2D eigenvalue weighted by molar-refractivity contribution is -0.119. The van der Waals surface area contributed by atoms with Crippen LogP contribution in [0.3, 0.4) is 0 Å². The van der Waals surface area contributed by atoms with Gasteiger partial charge in [0.25, 0.3) is 0 Å². The van der Waals surface area contributed by atoms with Crippen LogP contribution in [0.2, 0.25) is 0 Å². The SMILES string of the molecule is Cc1ccc(NCC(=O)NCCC(c2ccccc2)c2ccccc2)cc1-n1nnnc1C. The molecule has 7 nitrogen and oxygen atoms in total. The zero-order valence-corrected chi connectivity index (χ0v) is 18.9. The molecule has 0 saturated heterocycles. The number of rotatable bonds is 9. The Labute approximate surface area is 193 Å². The van der Waals surface area contributed by atoms with E-state index in [-0.39, 0.29) is 18.4 Å². The van der Waals surface area contributed by atoms with Gasteiger partial charge in [-0.2, -0.15) is 4.68 Å². The molecule has 0 unspecified atom stereocenters. The minimum atomic E-state index is -0.0457. The Morgan fingerprint density at radius 2 is 1.61 bits per heavy atom. The summed E-state index contributed by atoms with van der Waals surface area (Å²) >= 11 is 0. The Hall–Kier alpha value is -4.00. The number of tetrazole rings is 1. The zero-order valence-electron chi connectivity index (χ0n) is 18.9. The molecule has 0 bridgehead atoms. The second-order valence-corrected chi connectivity index (χ2v) is 8.01. The first-order valence-electron chi connectivity index (χ1n) is 11.1. The summed E-state index contributed by atoms with van der Waals surface area (Å²) in [6.45, 7) is 4.64. The normalized spacial score (nSPS) is 10.9. The van der Waals surface area contributed by atoms with Crippen molar-refractivity contribution in [1.29, 1.82) is 0 Å². The molecule has 0 spiro atoms. The lowest BCUT2D eigenvalue weighted by atomic mass is 9.88. The summed E-state index contributed by atoms with van der Waals surface area (Å²) in [5.41, 5.74) is 5.28. The van der Waals surface area contributed by atoms with Gasteiger partial charge in [0, 0.05) is 18.2 Å². The van der Waals surface area contributed by atoms with Crippen molar-refractivity contribution >= 4 is 11.6 Å². The molecule has 0 aliphatic rings. The molecule has 1 aromatic heterocycles. The van der Waals surface area contributed by atoms with Gasteiger partial charge >= 0.3 is 0 Å². The van der Waals surface area contributed by atoms with Crippen molar-refractivity contribution in [2.45, 2.75) is 26.2 Å². The van der Waals surface area contributed by atoms with Crippen molar-refractivity contribution in [2.75, 3.05) is 18.4 Å². The maximum atomic E-state index is 12.5. The molecule has 168 valence electrons. The van der Waals surface area contributed by atoms with Gasteiger partial charge in [-0.1, -0.05) is 66.7 Å². The Morgan fingerprint density at radius 1 is 0.939 bits per heavy atom. The predicted molar refractivity (Wildman–Crippen MR) is 129 cm³/mol. The van der Waals surface area contributed by atoms with Crippen molar-refractivity contribution in [3.63, 3.8) is 0 Å². The van der Waals surface area contributed by atoms with Gasteiger partial charge in [-0.15, -0.1) is 5.10 Å². The number of amides is 1. The fourth-order valence-electron chi connectivity index (χ4n) is 3.90. The van der Waals surface area contributed by atoms with E-state index in [2.05, 4.69) is 74.7 Å². The molecule has 0 radical (unpaired) electrons. The van der Waals surface area contributed by atoms with E-state index in [1.54, 1.807) is 4.68 Å². The van der Waals surface area contributed by atoms with E-state index < -0.39 is 0 Å². The van der Waals surface area contributed by atoms with Crippen LogP contribution >= 0.6 is 0 Å². The number of aryl methyl sites for hydroxylation is 2. The zero-order chi connectivity index (χ0) is 23.0. The van der Waals surface area contributed by atoms with Crippen molar-refractivity contribution in [3.05, 3.63) is 101 Å². The minimum absolute atomic E-state index is 0.0457. The molecular weight excluding hydrogens is 412 g/mol. The molecule has 0 atom stereocenters. The van der Waals surface area contributed by atoms with Crippen LogP contribution in [-0.2, 0) is 4.79 Å². The molecule has 1 heterocycles. The lowest BCUT2D eigenvalue weighted by Gasteiger charge is -2.18. The van der Waals surface area contributed by atoms with E-state index in [0.29, 0.717) is 12.4 Å². The van der Waals surface area contributed by atoms with Crippen molar-refractivity contribution in [3.8, 4) is 5.69 Å². The molecule has 4 rings (SSSR count). The fourth-order valence-corrected chi connectivity index (χ4v) is 3.90. The van der Waals surface area contributed by atoms with Crippen molar-refractivity contribution < 1.29 is 4.79 Å². The molecule has 4 aromatic rings. The van der Waals surface area contributed by atoms with Crippen LogP contribution in [0.5, 0.6) is 0 Å². The number of hydrogen-bond donors (Lipinski definition) is 2. The highest BCUT2D eigenvalue weighted by Gasteiger charge is 2.14. The van der Waals surface area contributed by atoms with E-state index in [9.17, 15) is 4.79 Å². The minimum Gasteiger partial charge on any atom is -0.376 e. The maximum absolute atomic E-state index is 12.5. The average Bonchev–Trinajstić information content (AvgIpc) is 3.28. The number of carbonyl (C=O) groups excluding carboxylic acids is 1. The van der Waals surface area contributed by atoms with E-state index in [1.165, 1.54) is 11.1 Å². The summed E-state index contributed by atoms with van der Waals surface area (Å²) < 4.78 is 1.69. The van der Waals surface area contributed by atoms with Gasteiger partial charge in [-0.25, -0.2) is 0 Å². The van der Waals surface area contributed by atoms with Crippen molar-refractivity contribution in [2.24, 2.45) is 0 Å². The predicted octanol–water partition coefficient (Wildman–Crippen LogP) is 4.03. The van der Waals surface area contributed by atoms with Crippen LogP contribution < -0.4 is 10.6 Å². The molecule has 0 aliphatic heterocycles. The number of hydrogen-bond acceptors (Lipinski definition) is 5. The summed E-state index contributed by atoms with van der Waals surface area (Å²) in [5, 5.41) is 17.9. The van der Waals surface area contributed by atoms with Crippen molar-refractivity contribution in [1.82, 2.24) is 25.5 Å². The quantitative estimate of drug-likeness (QED) is 0.411. The van der Waals surface area contributed by atoms with Crippen LogP contribution in [-0.4, -0.2) is 39.2 Å². The standard InChI is InChI=1S/C26H28N6O/c1-19-13-14-23(17-25(19)32-20(2)29-30-31-32)28-18-26(33)27-16-15-24(21-9-5-3-6-10-21)22-11-7-4-8-12-22/h3-14,17,24,28H,15-16,18H2,1-2H3,(H,27,33). The number of nitrogens with one attached hydrogen (secondary N) is 2. The van der Waals surface area contributed by atoms with Gasteiger partial charge < -0.3 is 10.6 Å². The van der Waals surface area contributed by atoms with Gasteiger partial charge in [0.05, 0.1) is 12.2 Å². The first-order valence-corrected chi connectivity index (χ1v) is 11.1. The number of benzene rings is 3. The Kier molecular flexibility index (Phi) is 7.09. The summed E-state index contributed by atoms with van der Waals surface area (Å²) in [7, 11) is 0. The highest BCUT2D eigenvalue weighted by molar-refractivity contribution is 5.80. The number of aromatic nitrogens is 4. The fraction of sp³-hybridized carbons (Fsp3) is 0.231. The van der Waals surface area contributed by atoms with E-state index in [1.807, 2.05) is 44.2 Å². The number of nitrogens with zero attached hydrogens (tertiary/aromatic N) is 4. The third-order valence-corrected chi connectivity index (χ3v) is 5.67. The summed E-state index contributed by atoms with van der Waals surface area (Å²) in [4.78, 5) is 12.5. The molecule has 2 N–H and O–H groups in total. The topological polar surface area (TPSA) is 84.7 Å². The smallest absolute Gasteiger partial charge is 0.239 e. The second kappa shape index (κ2) is 10.5. The molecule has 1 amide bonds. The molecule has 0 saturated carbocycles. The molecular formula is C26H28N6O. The van der Waals surface area contributed by atoms with Gasteiger partial charge in [0.2, 0.25) is 5.91 Å². The first kappa shape index (κ1) is 22.2. The van der Waals surface area contributed by atoms with E-state index in [4.69, 9.17) is 0 Å². The van der Waals surface area contributed by atoms with E-state index in [0.717, 1.165) is 23.4 Å². The first-order chi connectivity index (χ1) is 16.1. The highest BCUT2D eigenvalue weighted by Crippen LogP contribution is 2.27. The molecule has 0 fully saturated rings. The van der Waals surface area contributed by atoms with Crippen LogP contribution in [0.1, 0.15) is 34.9 Å². The summed E-state index contributed by atoms with van der Waals surface area (Å²) in [6.07, 6.45) is 0.826. The molecule has 7 heteroatoms. The van der Waals surface area contributed by atoms with Gasteiger partial charge in [-0.3, -0.25) is 4.79 Å². The Bertz CT molecular complexity index is 1150. The molecule has 0 aliphatic carbocycles. The van der Waals surface area contributed by atoms with Gasteiger partial charge in [0.15, 0.2) is 5.82 Å². The van der Waals surface area contributed by atoms with E-state index >= 15 is 0 Å². The number of carbonyl (C=O) groups is 1. The number of anilines is 1. The van der Waals surface area contributed by atoms with Crippen LogP contribution in [0, 0.1) is 13.8 Å². The summed E-state index contributed by atoms with van der Waals surface area (Å²) in [6, 6.07) is 26.7. The molecule has 33 heavy (non-hydrogen) atoms. The van der Waals surface area contributed by atoms with Gasteiger partial charge in [0.1, 0.15) is 0 Å². The van der Waals surface area contributed by atoms with Crippen LogP contribution in [0.25, 0.3) is 5.69 Å². The second-order valence-electron chi connectivity index (χ2n) is 8.01. The monoisotopic (exact) mass is 440 g/mol. The lowest BCUT2D eigenvalue weighted by Crippen LogP contribution is -2.31. The third-order valence-electron chi connectivity index (χ3n) is 5.67. The van der Waals surface area contributed by atoms with Crippen LogP contribution in [0.4, 0.5) is 5.69 Å². The van der Waals surface area contributed by atoms with Crippen LogP contribution in [0.15, 0.2) is 78.9 Å². The maximum Gasteiger partial charge on any atom is 0.239 e. The molecule has 3 aromatic carbocycles. The summed E-state index contributed by atoms with van der Waals surface area (Å²) in [5.74, 6) is 0.898. The Morgan fingerprint density at radius 3 is 2.21 bits per heavy atom. The highest BCUT2D eigenvalue weighted by atomic mass is 16.1. The van der Waals surface area contributed by atoms with Gasteiger partial charge in [-0.05, 0) is 59.5 Å². The largest absolute Gasteiger partial charge is 0.376 e. The Balaban J connectivity index is 1.33. The third kappa shape index (κ3) is 5.63. The average molecular weight is 441 g/mol.